The molecule has 1 aliphatic carbocycles. The Bertz CT molecular complexity index is 201. The Kier molecular flexibility index (Phi) is 3.36. The first-order valence-corrected chi connectivity index (χ1v) is 6.45. The smallest absolute Gasteiger partial charge is 0.0861 e. The maximum Gasteiger partial charge on any atom is 0.0861 e. The van der Waals surface area contributed by atoms with Gasteiger partial charge in [0.05, 0.1) is 17.8 Å². The standard InChI is InChI=1S/C13H24O2/c1-13(2,14)12-9-8-11(15-12)10-6-4-3-5-7-10/h10-12,14H,3-9H2,1-2H3/t11-,12+/m1/s1. The summed E-state index contributed by atoms with van der Waals surface area (Å²) in [4.78, 5) is 0. The SMILES string of the molecule is CC(C)(O)[C@@H]1CC[C@H](C2CCCCC2)O1. The first-order chi connectivity index (χ1) is 7.07. The van der Waals surface area contributed by atoms with Gasteiger partial charge in [-0.3, -0.25) is 0 Å². The Morgan fingerprint density at radius 1 is 1.00 bits per heavy atom. The minimum absolute atomic E-state index is 0.0597. The molecule has 0 bridgehead atoms. The molecule has 2 nitrogen and oxygen atoms in total. The summed E-state index contributed by atoms with van der Waals surface area (Å²) in [6, 6.07) is 0. The van der Waals surface area contributed by atoms with Gasteiger partial charge in [-0.15, -0.1) is 0 Å². The second-order valence-corrected chi connectivity index (χ2v) is 5.79. The van der Waals surface area contributed by atoms with E-state index in [4.69, 9.17) is 4.74 Å². The summed E-state index contributed by atoms with van der Waals surface area (Å²) in [6.07, 6.45) is 9.50. The minimum atomic E-state index is -0.663. The van der Waals surface area contributed by atoms with Crippen LogP contribution >= 0.6 is 0 Å². The van der Waals surface area contributed by atoms with Crippen molar-refractivity contribution < 1.29 is 9.84 Å². The van der Waals surface area contributed by atoms with Gasteiger partial charge in [0.15, 0.2) is 0 Å². The molecule has 0 aromatic rings. The molecule has 0 unspecified atom stereocenters. The van der Waals surface area contributed by atoms with E-state index < -0.39 is 5.60 Å². The zero-order valence-corrected chi connectivity index (χ0v) is 10.0. The number of aliphatic hydroxyl groups is 1. The zero-order chi connectivity index (χ0) is 10.9. The molecule has 2 fully saturated rings. The Hall–Kier alpha value is -0.0800. The molecule has 0 spiro atoms. The van der Waals surface area contributed by atoms with Gasteiger partial charge in [0.1, 0.15) is 0 Å². The molecule has 15 heavy (non-hydrogen) atoms. The number of rotatable bonds is 2. The molecule has 1 aliphatic heterocycles. The highest BCUT2D eigenvalue weighted by atomic mass is 16.5. The topological polar surface area (TPSA) is 29.5 Å². The summed E-state index contributed by atoms with van der Waals surface area (Å²) in [5.74, 6) is 0.770. The normalized spacial score (nSPS) is 34.6. The average molecular weight is 212 g/mol. The van der Waals surface area contributed by atoms with Gasteiger partial charge < -0.3 is 9.84 Å². The van der Waals surface area contributed by atoms with E-state index in [-0.39, 0.29) is 6.10 Å². The molecule has 2 atom stereocenters. The average Bonchev–Trinajstić information content (AvgIpc) is 2.67. The van der Waals surface area contributed by atoms with E-state index >= 15 is 0 Å². The third kappa shape index (κ3) is 2.73. The van der Waals surface area contributed by atoms with Gasteiger partial charge in [0.2, 0.25) is 0 Å². The Labute approximate surface area is 93.0 Å². The van der Waals surface area contributed by atoms with Gasteiger partial charge in [-0.25, -0.2) is 0 Å². The van der Waals surface area contributed by atoms with Crippen molar-refractivity contribution in [3.05, 3.63) is 0 Å². The van der Waals surface area contributed by atoms with Gasteiger partial charge in [-0.2, -0.15) is 0 Å². The molecule has 2 heteroatoms. The molecule has 0 aromatic heterocycles. The van der Waals surface area contributed by atoms with Gasteiger partial charge in [0.25, 0.3) is 0 Å². The molecule has 0 amide bonds. The highest BCUT2D eigenvalue weighted by molar-refractivity contribution is 4.88. The lowest BCUT2D eigenvalue weighted by molar-refractivity contribution is -0.0970. The monoisotopic (exact) mass is 212 g/mol. The molecule has 1 N–H and O–H groups in total. The van der Waals surface area contributed by atoms with Gasteiger partial charge >= 0.3 is 0 Å². The van der Waals surface area contributed by atoms with E-state index in [9.17, 15) is 5.11 Å². The molecular formula is C13H24O2. The van der Waals surface area contributed by atoms with Gasteiger partial charge in [-0.05, 0) is 45.4 Å². The molecule has 1 heterocycles. The van der Waals surface area contributed by atoms with Crippen molar-refractivity contribution in [2.75, 3.05) is 0 Å². The molecule has 0 radical (unpaired) electrons. The van der Waals surface area contributed by atoms with Crippen LogP contribution < -0.4 is 0 Å². The largest absolute Gasteiger partial charge is 0.388 e. The minimum Gasteiger partial charge on any atom is -0.388 e. The summed E-state index contributed by atoms with van der Waals surface area (Å²) in [5.41, 5.74) is -0.663. The van der Waals surface area contributed by atoms with Crippen LogP contribution in [0.4, 0.5) is 0 Å². The number of hydrogen-bond donors (Lipinski definition) is 1. The van der Waals surface area contributed by atoms with Crippen LogP contribution in [0.1, 0.15) is 58.8 Å². The highest BCUT2D eigenvalue weighted by Gasteiger charge is 2.38. The fourth-order valence-electron chi connectivity index (χ4n) is 3.04. The molecule has 88 valence electrons. The summed E-state index contributed by atoms with van der Waals surface area (Å²) >= 11 is 0. The van der Waals surface area contributed by atoms with Crippen LogP contribution in [0.15, 0.2) is 0 Å². The van der Waals surface area contributed by atoms with Crippen LogP contribution in [0.25, 0.3) is 0 Å². The second kappa shape index (κ2) is 4.42. The lowest BCUT2D eigenvalue weighted by Gasteiger charge is -2.30. The zero-order valence-electron chi connectivity index (χ0n) is 10.0. The maximum absolute atomic E-state index is 9.91. The molecule has 1 saturated heterocycles. The van der Waals surface area contributed by atoms with Crippen LogP contribution in [0.3, 0.4) is 0 Å². The Morgan fingerprint density at radius 2 is 1.67 bits per heavy atom. The van der Waals surface area contributed by atoms with Crippen molar-refractivity contribution in [3.63, 3.8) is 0 Å². The van der Waals surface area contributed by atoms with Crippen molar-refractivity contribution in [3.8, 4) is 0 Å². The third-order valence-electron chi connectivity index (χ3n) is 4.02. The van der Waals surface area contributed by atoms with Gasteiger partial charge in [0, 0.05) is 0 Å². The Balaban J connectivity index is 1.86. The van der Waals surface area contributed by atoms with Crippen LogP contribution in [0.5, 0.6) is 0 Å². The molecule has 0 aromatic carbocycles. The van der Waals surface area contributed by atoms with E-state index in [1.54, 1.807) is 0 Å². The Morgan fingerprint density at radius 3 is 2.20 bits per heavy atom. The van der Waals surface area contributed by atoms with Crippen LogP contribution in [0.2, 0.25) is 0 Å². The van der Waals surface area contributed by atoms with E-state index in [0.29, 0.717) is 6.10 Å². The van der Waals surface area contributed by atoms with Crippen molar-refractivity contribution in [1.82, 2.24) is 0 Å². The maximum atomic E-state index is 9.91. The first-order valence-electron chi connectivity index (χ1n) is 6.45. The predicted molar refractivity (Wildman–Crippen MR) is 60.8 cm³/mol. The summed E-state index contributed by atoms with van der Waals surface area (Å²) in [7, 11) is 0. The van der Waals surface area contributed by atoms with Crippen molar-refractivity contribution in [2.24, 2.45) is 5.92 Å². The quantitative estimate of drug-likeness (QED) is 0.762. The summed E-state index contributed by atoms with van der Waals surface area (Å²) in [5, 5.41) is 9.91. The van der Waals surface area contributed by atoms with Gasteiger partial charge in [-0.1, -0.05) is 19.3 Å². The third-order valence-corrected chi connectivity index (χ3v) is 4.02. The predicted octanol–water partition coefficient (Wildman–Crippen LogP) is 2.89. The molecule has 2 rings (SSSR count). The summed E-state index contributed by atoms with van der Waals surface area (Å²) < 4.78 is 6.02. The lowest BCUT2D eigenvalue weighted by atomic mass is 9.84. The fraction of sp³-hybridized carbons (Fsp3) is 1.00. The number of ether oxygens (including phenoxy) is 1. The molecular weight excluding hydrogens is 188 g/mol. The van der Waals surface area contributed by atoms with Crippen LogP contribution in [-0.2, 0) is 4.74 Å². The molecule has 1 saturated carbocycles. The highest BCUT2D eigenvalue weighted by Crippen LogP contribution is 2.37. The number of hydrogen-bond acceptors (Lipinski definition) is 2. The van der Waals surface area contributed by atoms with Crippen LogP contribution in [-0.4, -0.2) is 22.9 Å². The van der Waals surface area contributed by atoms with E-state index in [2.05, 4.69) is 0 Å². The molecule has 2 aliphatic rings. The first kappa shape index (κ1) is 11.4. The van der Waals surface area contributed by atoms with Crippen LogP contribution in [0, 0.1) is 5.92 Å². The van der Waals surface area contributed by atoms with Crippen molar-refractivity contribution >= 4 is 0 Å². The van der Waals surface area contributed by atoms with E-state index in [0.717, 1.165) is 18.8 Å². The van der Waals surface area contributed by atoms with E-state index in [1.807, 2.05) is 13.8 Å². The van der Waals surface area contributed by atoms with Crippen molar-refractivity contribution in [2.45, 2.75) is 76.6 Å². The fourth-order valence-corrected chi connectivity index (χ4v) is 3.04. The lowest BCUT2D eigenvalue weighted by Crippen LogP contribution is -2.37. The second-order valence-electron chi connectivity index (χ2n) is 5.79. The van der Waals surface area contributed by atoms with Crippen molar-refractivity contribution in [1.29, 1.82) is 0 Å². The van der Waals surface area contributed by atoms with E-state index in [1.165, 1.54) is 32.1 Å². The summed E-state index contributed by atoms with van der Waals surface area (Å²) in [6.45, 7) is 3.72.